The van der Waals surface area contributed by atoms with Crippen LogP contribution < -0.4 is 14.1 Å². The number of nitro benzene ring substituents is 1. The highest BCUT2D eigenvalue weighted by Crippen LogP contribution is 2.49. The number of nitrogens with zero attached hydrogens (tertiary/aromatic N) is 2. The highest BCUT2D eigenvalue weighted by Gasteiger charge is 2.36. The maximum Gasteiger partial charge on any atom is 0.513 e. The van der Waals surface area contributed by atoms with Crippen molar-refractivity contribution in [3.63, 3.8) is 0 Å². The number of hydrogen-bond donors (Lipinski definition) is 1. The minimum atomic E-state index is -4.50. The van der Waals surface area contributed by atoms with Gasteiger partial charge in [-0.2, -0.15) is 10.3 Å². The summed E-state index contributed by atoms with van der Waals surface area (Å²) in [6.07, 6.45) is 0. The van der Waals surface area contributed by atoms with Gasteiger partial charge in [0.05, 0.1) is 16.6 Å². The van der Waals surface area contributed by atoms with E-state index in [1.54, 1.807) is 48.5 Å². The fraction of sp³-hybridized carbons (Fsp3) is 0.111. The van der Waals surface area contributed by atoms with Gasteiger partial charge in [0.2, 0.25) is 5.75 Å². The maximum absolute atomic E-state index is 14.1. The Morgan fingerprint density at radius 3 is 2.42 bits per heavy atom. The molecular weight excluding hydrogens is 509 g/mol. The summed E-state index contributed by atoms with van der Waals surface area (Å²) >= 11 is 0. The lowest BCUT2D eigenvalue weighted by molar-refractivity contribution is -0.385. The van der Waals surface area contributed by atoms with Gasteiger partial charge < -0.3 is 13.8 Å². The third-order valence-electron chi connectivity index (χ3n) is 5.40. The van der Waals surface area contributed by atoms with Crippen molar-refractivity contribution < 1.29 is 28.1 Å². The third kappa shape index (κ3) is 6.34. The number of carbonyl (C=O) groups is 1. The van der Waals surface area contributed by atoms with E-state index in [0.29, 0.717) is 5.39 Å². The summed E-state index contributed by atoms with van der Waals surface area (Å²) in [5, 5.41) is 24.7. The van der Waals surface area contributed by atoms with Crippen LogP contribution >= 0.6 is 7.75 Å². The molecule has 0 fully saturated rings. The minimum Gasteiger partial charge on any atom is -0.460 e. The first-order valence-electron chi connectivity index (χ1n) is 11.4. The number of carbonyl (C=O) groups excluding carboxylic acids is 1. The van der Waals surface area contributed by atoms with Gasteiger partial charge in [0.25, 0.3) is 0 Å². The van der Waals surface area contributed by atoms with E-state index in [1.807, 2.05) is 30.3 Å². The van der Waals surface area contributed by atoms with Crippen LogP contribution in [-0.4, -0.2) is 16.9 Å². The number of nitrogens with one attached hydrogen (secondary N) is 1. The number of nitriles is 1. The first-order chi connectivity index (χ1) is 18.3. The molecule has 4 aromatic rings. The fourth-order valence-electron chi connectivity index (χ4n) is 3.56. The zero-order valence-electron chi connectivity index (χ0n) is 20.1. The molecule has 0 saturated carbocycles. The van der Waals surface area contributed by atoms with Gasteiger partial charge in [-0.25, -0.2) is 4.57 Å². The van der Waals surface area contributed by atoms with Crippen molar-refractivity contribution >= 4 is 30.2 Å². The molecule has 0 aliphatic rings. The maximum atomic E-state index is 14.1. The number of nitro groups is 1. The standard InChI is InChI=1S/C27H22N3O7P/c1-19(27(31)35-18-20-8-3-2-4-9-20)29-38(34,36-25-13-7-11-22-10-5-6-12-23(22)25)37-26-15-14-21(17-28)16-24(26)30(32)33/h2-16,19H,18H2,1H3,(H,29,34)/t19-,38?/m0/s1. The first-order valence-corrected chi connectivity index (χ1v) is 13.0. The summed E-state index contributed by atoms with van der Waals surface area (Å²) in [6, 6.07) is 25.3. The molecular formula is C27H22N3O7P. The van der Waals surface area contributed by atoms with Crippen LogP contribution in [0.1, 0.15) is 18.1 Å². The van der Waals surface area contributed by atoms with Crippen LogP contribution in [0, 0.1) is 21.4 Å². The molecule has 0 aliphatic carbocycles. The van der Waals surface area contributed by atoms with Crippen LogP contribution in [0.3, 0.4) is 0 Å². The van der Waals surface area contributed by atoms with Crippen molar-refractivity contribution in [3.05, 3.63) is 112 Å². The Morgan fingerprint density at radius 1 is 1.00 bits per heavy atom. The molecule has 0 heterocycles. The molecule has 0 spiro atoms. The van der Waals surface area contributed by atoms with Crippen LogP contribution in [0.4, 0.5) is 5.69 Å². The zero-order valence-corrected chi connectivity index (χ0v) is 21.0. The van der Waals surface area contributed by atoms with Crippen LogP contribution in [0.15, 0.2) is 91.0 Å². The van der Waals surface area contributed by atoms with E-state index in [9.17, 15) is 19.5 Å². The average Bonchev–Trinajstić information content (AvgIpc) is 2.92. The molecule has 4 rings (SSSR count). The summed E-state index contributed by atoms with van der Waals surface area (Å²) in [5.41, 5.74) is 0.180. The minimum absolute atomic E-state index is 0.0118. The van der Waals surface area contributed by atoms with Gasteiger partial charge in [-0.05, 0) is 36.1 Å². The van der Waals surface area contributed by atoms with E-state index >= 15 is 0 Å². The summed E-state index contributed by atoms with van der Waals surface area (Å²) in [5.74, 6) is -0.983. The number of fused-ring (bicyclic) bond motifs is 1. The molecule has 0 saturated heterocycles. The van der Waals surface area contributed by atoms with Crippen LogP contribution in [-0.2, 0) is 20.7 Å². The molecule has 192 valence electrons. The predicted octanol–water partition coefficient (Wildman–Crippen LogP) is 5.91. The Bertz CT molecular complexity index is 1560. The summed E-state index contributed by atoms with van der Waals surface area (Å²) in [7, 11) is -4.50. The molecule has 1 N–H and O–H groups in total. The molecule has 11 heteroatoms. The van der Waals surface area contributed by atoms with E-state index in [-0.39, 0.29) is 17.9 Å². The fourth-order valence-corrected chi connectivity index (χ4v) is 5.11. The van der Waals surface area contributed by atoms with Crippen LogP contribution in [0.5, 0.6) is 11.5 Å². The Labute approximate surface area is 218 Å². The topological polar surface area (TPSA) is 141 Å². The molecule has 10 nitrogen and oxygen atoms in total. The Hall–Kier alpha value is -4.71. The van der Waals surface area contributed by atoms with Gasteiger partial charge in [-0.15, -0.1) is 0 Å². The highest BCUT2D eigenvalue weighted by atomic mass is 31.2. The molecule has 4 aromatic carbocycles. The molecule has 0 amide bonds. The Kier molecular flexibility index (Phi) is 8.02. The molecule has 1 unspecified atom stereocenters. The van der Waals surface area contributed by atoms with Gasteiger partial charge in [0.15, 0.2) is 0 Å². The van der Waals surface area contributed by atoms with Crippen LogP contribution in [0.25, 0.3) is 10.8 Å². The van der Waals surface area contributed by atoms with E-state index in [2.05, 4.69) is 5.09 Å². The Morgan fingerprint density at radius 2 is 1.68 bits per heavy atom. The molecule has 38 heavy (non-hydrogen) atoms. The second kappa shape index (κ2) is 11.6. The van der Waals surface area contributed by atoms with Crippen molar-refractivity contribution in [3.8, 4) is 17.6 Å². The monoisotopic (exact) mass is 531 g/mol. The normalized spacial score (nSPS) is 13.1. The van der Waals surface area contributed by atoms with Gasteiger partial charge in [-0.3, -0.25) is 14.9 Å². The van der Waals surface area contributed by atoms with Gasteiger partial charge in [0.1, 0.15) is 18.4 Å². The average molecular weight is 531 g/mol. The number of benzene rings is 4. The van der Waals surface area contributed by atoms with Gasteiger partial charge >= 0.3 is 19.4 Å². The highest BCUT2D eigenvalue weighted by molar-refractivity contribution is 7.52. The number of ether oxygens (including phenoxy) is 1. The lowest BCUT2D eigenvalue weighted by Gasteiger charge is -2.23. The molecule has 2 atom stereocenters. The second-order valence-corrected chi connectivity index (χ2v) is 9.77. The Balaban J connectivity index is 1.65. The van der Waals surface area contributed by atoms with E-state index < -0.39 is 36.1 Å². The van der Waals surface area contributed by atoms with Crippen molar-refractivity contribution in [1.29, 1.82) is 5.26 Å². The van der Waals surface area contributed by atoms with Crippen molar-refractivity contribution in [2.75, 3.05) is 0 Å². The van der Waals surface area contributed by atoms with E-state index in [1.165, 1.54) is 13.0 Å². The number of hydrogen-bond acceptors (Lipinski definition) is 8. The second-order valence-electron chi connectivity index (χ2n) is 8.15. The lowest BCUT2D eigenvalue weighted by Crippen LogP contribution is -2.35. The molecule has 0 radical (unpaired) electrons. The van der Waals surface area contributed by atoms with Crippen molar-refractivity contribution in [2.24, 2.45) is 0 Å². The largest absolute Gasteiger partial charge is 0.513 e. The van der Waals surface area contributed by atoms with E-state index in [0.717, 1.165) is 23.1 Å². The molecule has 0 aliphatic heterocycles. The first kappa shape index (κ1) is 26.4. The summed E-state index contributed by atoms with van der Waals surface area (Å²) in [6.45, 7) is 1.39. The summed E-state index contributed by atoms with van der Waals surface area (Å²) < 4.78 is 30.8. The molecule has 0 bridgehead atoms. The van der Waals surface area contributed by atoms with Gasteiger partial charge in [0, 0.05) is 11.5 Å². The third-order valence-corrected chi connectivity index (χ3v) is 6.98. The van der Waals surface area contributed by atoms with Crippen LogP contribution in [0.2, 0.25) is 0 Å². The lowest BCUT2D eigenvalue weighted by atomic mass is 10.1. The molecule has 0 aromatic heterocycles. The quantitative estimate of drug-likeness (QED) is 0.114. The number of esters is 1. The van der Waals surface area contributed by atoms with Crippen molar-refractivity contribution in [1.82, 2.24) is 5.09 Å². The predicted molar refractivity (Wildman–Crippen MR) is 139 cm³/mol. The van der Waals surface area contributed by atoms with E-state index in [4.69, 9.17) is 19.0 Å². The summed E-state index contributed by atoms with van der Waals surface area (Å²) in [4.78, 5) is 23.6. The number of rotatable bonds is 10. The SMILES string of the molecule is C[C@H](NP(=O)(Oc1ccc(C#N)cc1[N+](=O)[O-])Oc1cccc2ccccc12)C(=O)OCc1ccccc1. The smallest absolute Gasteiger partial charge is 0.460 e. The van der Waals surface area contributed by atoms with Gasteiger partial charge in [-0.1, -0.05) is 66.7 Å². The zero-order chi connectivity index (χ0) is 27.1. The van der Waals surface area contributed by atoms with Crippen molar-refractivity contribution in [2.45, 2.75) is 19.6 Å².